The Bertz CT molecular complexity index is 723. The summed E-state index contributed by atoms with van der Waals surface area (Å²) in [5, 5.41) is 0. The summed E-state index contributed by atoms with van der Waals surface area (Å²) in [7, 11) is 1.31. The number of hydrogen-bond donors (Lipinski definition) is 0. The molecule has 5 heteroatoms. The molecule has 2 aromatic rings. The fourth-order valence-electron chi connectivity index (χ4n) is 2.55. The van der Waals surface area contributed by atoms with E-state index in [9.17, 15) is 9.59 Å². The maximum atomic E-state index is 12.9. The number of carbonyl (C=O) groups is 2. The summed E-state index contributed by atoms with van der Waals surface area (Å²) in [5.41, 5.74) is 0.882. The first-order valence-electron chi connectivity index (χ1n) is 8.48. The molecule has 0 N–H and O–H groups in total. The van der Waals surface area contributed by atoms with Gasteiger partial charge in [0.05, 0.1) is 13.7 Å². The van der Waals surface area contributed by atoms with Gasteiger partial charge in [0.15, 0.2) is 6.04 Å². The van der Waals surface area contributed by atoms with Crippen LogP contribution in [0.15, 0.2) is 60.7 Å². The number of amides is 1. The van der Waals surface area contributed by atoms with Crippen LogP contribution in [0.1, 0.15) is 37.9 Å². The zero-order valence-corrected chi connectivity index (χ0v) is 15.6. The summed E-state index contributed by atoms with van der Waals surface area (Å²) >= 11 is 0. The van der Waals surface area contributed by atoms with Crippen LogP contribution < -0.4 is 0 Å². The maximum absolute atomic E-state index is 12.9. The minimum absolute atomic E-state index is 0.227. The predicted molar refractivity (Wildman–Crippen MR) is 99.4 cm³/mol. The number of methoxy groups -OCH3 is 1. The number of carbonyl (C=O) groups excluding carboxylic acids is 2. The molecule has 0 bridgehead atoms. The standard InChI is InChI=1S/C21H25NO4/c1-21(2,3)26-20(24)22(15-16-11-7-5-8-12-16)18(19(23)25-4)17-13-9-6-10-14-17/h5-14,18H,15H2,1-4H3/t18-/m0/s1. The number of ether oxygens (including phenoxy) is 2. The second kappa shape index (κ2) is 8.52. The first-order valence-corrected chi connectivity index (χ1v) is 8.48. The quantitative estimate of drug-likeness (QED) is 0.749. The van der Waals surface area contributed by atoms with E-state index in [1.165, 1.54) is 12.0 Å². The molecule has 26 heavy (non-hydrogen) atoms. The summed E-state index contributed by atoms with van der Waals surface area (Å²) in [6, 6.07) is 17.7. The molecular formula is C21H25NO4. The lowest BCUT2D eigenvalue weighted by Gasteiger charge is -2.32. The van der Waals surface area contributed by atoms with Gasteiger partial charge in [-0.1, -0.05) is 60.7 Å². The highest BCUT2D eigenvalue weighted by Crippen LogP contribution is 2.26. The highest BCUT2D eigenvalue weighted by atomic mass is 16.6. The molecule has 0 aliphatic carbocycles. The maximum Gasteiger partial charge on any atom is 0.411 e. The number of hydrogen-bond acceptors (Lipinski definition) is 4. The summed E-state index contributed by atoms with van der Waals surface area (Å²) in [5.74, 6) is -0.516. The highest BCUT2D eigenvalue weighted by Gasteiger charge is 2.35. The number of nitrogens with zero attached hydrogens (tertiary/aromatic N) is 1. The van der Waals surface area contributed by atoms with Crippen LogP contribution in [-0.2, 0) is 20.8 Å². The van der Waals surface area contributed by atoms with E-state index in [2.05, 4.69) is 0 Å². The molecule has 0 spiro atoms. The summed E-state index contributed by atoms with van der Waals surface area (Å²) in [6.07, 6.45) is -0.569. The molecule has 0 saturated heterocycles. The number of esters is 1. The van der Waals surface area contributed by atoms with Gasteiger partial charge in [-0.3, -0.25) is 4.90 Å². The van der Waals surface area contributed by atoms with Crippen LogP contribution in [0.2, 0.25) is 0 Å². The van der Waals surface area contributed by atoms with Crippen molar-refractivity contribution in [3.63, 3.8) is 0 Å². The van der Waals surface area contributed by atoms with Gasteiger partial charge in [-0.05, 0) is 31.9 Å². The molecule has 0 aromatic heterocycles. The molecule has 0 saturated carbocycles. The first kappa shape index (κ1) is 19.5. The van der Waals surface area contributed by atoms with Gasteiger partial charge in [-0.15, -0.1) is 0 Å². The van der Waals surface area contributed by atoms with Crippen LogP contribution in [0, 0.1) is 0 Å². The number of rotatable bonds is 5. The van der Waals surface area contributed by atoms with E-state index in [0.717, 1.165) is 5.56 Å². The van der Waals surface area contributed by atoms with E-state index in [-0.39, 0.29) is 6.54 Å². The normalized spacial score (nSPS) is 12.2. The fraction of sp³-hybridized carbons (Fsp3) is 0.333. The largest absolute Gasteiger partial charge is 0.467 e. The Morgan fingerprint density at radius 3 is 2.00 bits per heavy atom. The summed E-state index contributed by atoms with van der Waals surface area (Å²) < 4.78 is 10.5. The Balaban J connectivity index is 2.44. The monoisotopic (exact) mass is 355 g/mol. The lowest BCUT2D eigenvalue weighted by atomic mass is 10.0. The molecule has 0 aliphatic heterocycles. The molecule has 1 atom stereocenters. The molecule has 0 fully saturated rings. The predicted octanol–water partition coefficient (Wildman–Crippen LogP) is 4.34. The third-order valence-corrected chi connectivity index (χ3v) is 3.68. The van der Waals surface area contributed by atoms with Crippen molar-refractivity contribution in [3.8, 4) is 0 Å². The van der Waals surface area contributed by atoms with E-state index >= 15 is 0 Å². The molecular weight excluding hydrogens is 330 g/mol. The van der Waals surface area contributed by atoms with E-state index in [1.807, 2.05) is 48.5 Å². The Morgan fingerprint density at radius 1 is 0.962 bits per heavy atom. The van der Waals surface area contributed by atoms with Crippen LogP contribution in [0.5, 0.6) is 0 Å². The second-order valence-electron chi connectivity index (χ2n) is 6.93. The lowest BCUT2D eigenvalue weighted by Crippen LogP contribution is -2.42. The van der Waals surface area contributed by atoms with E-state index in [0.29, 0.717) is 5.56 Å². The lowest BCUT2D eigenvalue weighted by molar-refractivity contribution is -0.147. The third-order valence-electron chi connectivity index (χ3n) is 3.68. The van der Waals surface area contributed by atoms with E-state index in [1.54, 1.807) is 32.9 Å². The molecule has 5 nitrogen and oxygen atoms in total. The van der Waals surface area contributed by atoms with Crippen molar-refractivity contribution in [3.05, 3.63) is 71.8 Å². The molecule has 2 aromatic carbocycles. The molecule has 0 radical (unpaired) electrons. The van der Waals surface area contributed by atoms with Crippen molar-refractivity contribution >= 4 is 12.1 Å². The zero-order chi connectivity index (χ0) is 19.2. The Labute approximate surface area is 154 Å². The van der Waals surface area contributed by atoms with Gasteiger partial charge in [0.2, 0.25) is 0 Å². The van der Waals surface area contributed by atoms with Gasteiger partial charge in [0.25, 0.3) is 0 Å². The smallest absolute Gasteiger partial charge is 0.411 e. The third kappa shape index (κ3) is 5.34. The minimum atomic E-state index is -0.892. The topological polar surface area (TPSA) is 55.8 Å². The van der Waals surface area contributed by atoms with Crippen molar-refractivity contribution in [2.75, 3.05) is 7.11 Å². The Kier molecular flexibility index (Phi) is 6.39. The Hall–Kier alpha value is -2.82. The van der Waals surface area contributed by atoms with Crippen molar-refractivity contribution in [1.82, 2.24) is 4.90 Å². The summed E-state index contributed by atoms with van der Waals surface area (Å²) in [4.78, 5) is 26.8. The molecule has 0 heterocycles. The van der Waals surface area contributed by atoms with Crippen LogP contribution in [0.4, 0.5) is 4.79 Å². The SMILES string of the molecule is COC(=O)[C@H](c1ccccc1)N(Cc1ccccc1)C(=O)OC(C)(C)C. The highest BCUT2D eigenvalue weighted by molar-refractivity contribution is 5.83. The van der Waals surface area contributed by atoms with E-state index in [4.69, 9.17) is 9.47 Å². The van der Waals surface area contributed by atoms with Gasteiger partial charge in [-0.2, -0.15) is 0 Å². The van der Waals surface area contributed by atoms with Crippen molar-refractivity contribution in [1.29, 1.82) is 0 Å². The van der Waals surface area contributed by atoms with Gasteiger partial charge in [0.1, 0.15) is 5.60 Å². The molecule has 0 aliphatic rings. The average Bonchev–Trinajstić information content (AvgIpc) is 2.61. The minimum Gasteiger partial charge on any atom is -0.467 e. The molecule has 1 amide bonds. The first-order chi connectivity index (χ1) is 12.3. The van der Waals surface area contributed by atoms with Gasteiger partial charge >= 0.3 is 12.1 Å². The van der Waals surface area contributed by atoms with Gasteiger partial charge < -0.3 is 9.47 Å². The molecule has 0 unspecified atom stereocenters. The van der Waals surface area contributed by atoms with Crippen molar-refractivity contribution in [2.24, 2.45) is 0 Å². The molecule has 138 valence electrons. The van der Waals surface area contributed by atoms with Crippen molar-refractivity contribution < 1.29 is 19.1 Å². The van der Waals surface area contributed by atoms with Gasteiger partial charge in [-0.25, -0.2) is 9.59 Å². The van der Waals surface area contributed by atoms with Crippen LogP contribution in [-0.4, -0.2) is 29.7 Å². The number of benzene rings is 2. The van der Waals surface area contributed by atoms with Crippen LogP contribution in [0.3, 0.4) is 0 Å². The molecule has 2 rings (SSSR count). The van der Waals surface area contributed by atoms with E-state index < -0.39 is 23.7 Å². The second-order valence-corrected chi connectivity index (χ2v) is 6.93. The van der Waals surface area contributed by atoms with Crippen LogP contribution >= 0.6 is 0 Å². The average molecular weight is 355 g/mol. The van der Waals surface area contributed by atoms with Crippen LogP contribution in [0.25, 0.3) is 0 Å². The zero-order valence-electron chi connectivity index (χ0n) is 15.6. The summed E-state index contributed by atoms with van der Waals surface area (Å²) in [6.45, 7) is 5.61. The fourth-order valence-corrected chi connectivity index (χ4v) is 2.55. The van der Waals surface area contributed by atoms with Gasteiger partial charge in [0, 0.05) is 0 Å². The van der Waals surface area contributed by atoms with Crippen molar-refractivity contribution in [2.45, 2.75) is 39.0 Å². The Morgan fingerprint density at radius 2 is 1.50 bits per heavy atom.